The smallest absolute Gasteiger partial charge is 0.0926 e. The van der Waals surface area contributed by atoms with Crippen molar-refractivity contribution in [2.75, 3.05) is 7.05 Å². The minimum atomic E-state index is 0.452. The van der Waals surface area contributed by atoms with Gasteiger partial charge in [-0.15, -0.1) is 11.3 Å². The van der Waals surface area contributed by atoms with Crippen molar-refractivity contribution in [3.63, 3.8) is 0 Å². The number of hydrogen-bond acceptors (Lipinski definition) is 3. The largest absolute Gasteiger partial charge is 0.348 e. The van der Waals surface area contributed by atoms with Crippen LogP contribution in [0.25, 0.3) is 0 Å². The Morgan fingerprint density at radius 3 is 2.89 bits per heavy atom. The molecule has 0 bridgehead atoms. The van der Waals surface area contributed by atoms with Gasteiger partial charge in [-0.25, -0.2) is 4.98 Å². The molecule has 2 aromatic rings. The van der Waals surface area contributed by atoms with E-state index in [4.69, 9.17) is 0 Å². The summed E-state index contributed by atoms with van der Waals surface area (Å²) in [6.07, 6.45) is 6.49. The first-order chi connectivity index (χ1) is 8.76. The molecule has 0 aromatic carbocycles. The fourth-order valence-electron chi connectivity index (χ4n) is 2.14. The van der Waals surface area contributed by atoms with Crippen molar-refractivity contribution in [2.24, 2.45) is 0 Å². The summed E-state index contributed by atoms with van der Waals surface area (Å²) in [5.74, 6) is 0. The molecule has 0 saturated heterocycles. The van der Waals surface area contributed by atoms with E-state index < -0.39 is 0 Å². The van der Waals surface area contributed by atoms with Gasteiger partial charge in [0.1, 0.15) is 0 Å². The van der Waals surface area contributed by atoms with Crippen molar-refractivity contribution >= 4 is 11.3 Å². The molecule has 1 atom stereocenters. The second kappa shape index (κ2) is 6.16. The Kier molecular flexibility index (Phi) is 4.55. The second-order valence-electron chi connectivity index (χ2n) is 4.45. The number of nitrogens with one attached hydrogen (secondary N) is 1. The highest BCUT2D eigenvalue weighted by Gasteiger charge is 2.08. The Hall–Kier alpha value is -1.13. The monoisotopic (exact) mass is 263 g/mol. The first-order valence-corrected chi connectivity index (χ1v) is 7.41. The molecular weight excluding hydrogens is 242 g/mol. The van der Waals surface area contributed by atoms with Crippen LogP contribution in [0.4, 0.5) is 0 Å². The summed E-state index contributed by atoms with van der Waals surface area (Å²) in [6.45, 7) is 5.22. The van der Waals surface area contributed by atoms with E-state index in [-0.39, 0.29) is 0 Å². The molecule has 0 aliphatic heterocycles. The predicted molar refractivity (Wildman–Crippen MR) is 77.1 cm³/mol. The summed E-state index contributed by atoms with van der Waals surface area (Å²) in [5.41, 5.74) is 2.52. The van der Waals surface area contributed by atoms with Gasteiger partial charge >= 0.3 is 0 Å². The topological polar surface area (TPSA) is 29.9 Å². The van der Waals surface area contributed by atoms with Gasteiger partial charge in [-0.05, 0) is 31.5 Å². The van der Waals surface area contributed by atoms with E-state index in [1.54, 1.807) is 11.3 Å². The highest BCUT2D eigenvalue weighted by Crippen LogP contribution is 2.17. The van der Waals surface area contributed by atoms with Crippen LogP contribution in [0.2, 0.25) is 0 Å². The van der Waals surface area contributed by atoms with Crippen molar-refractivity contribution in [3.05, 3.63) is 40.1 Å². The van der Waals surface area contributed by atoms with E-state index in [1.165, 1.54) is 10.6 Å². The Balaban J connectivity index is 2.06. The van der Waals surface area contributed by atoms with Gasteiger partial charge in [0.15, 0.2) is 0 Å². The van der Waals surface area contributed by atoms with E-state index in [9.17, 15) is 0 Å². The van der Waals surface area contributed by atoms with E-state index in [0.717, 1.165) is 25.1 Å². The van der Waals surface area contributed by atoms with Crippen molar-refractivity contribution in [1.82, 2.24) is 14.9 Å². The van der Waals surface area contributed by atoms with Crippen LogP contribution in [0.5, 0.6) is 0 Å². The lowest BCUT2D eigenvalue weighted by Crippen LogP contribution is -2.14. The lowest BCUT2D eigenvalue weighted by molar-refractivity contribution is 0.575. The summed E-state index contributed by atoms with van der Waals surface area (Å²) >= 11 is 1.75. The fourth-order valence-corrected chi connectivity index (χ4v) is 2.88. The minimum absolute atomic E-state index is 0.452. The predicted octanol–water partition coefficient (Wildman–Crippen LogP) is 3.23. The highest BCUT2D eigenvalue weighted by atomic mass is 32.1. The molecule has 2 rings (SSSR count). The van der Waals surface area contributed by atoms with Crippen LogP contribution in [-0.2, 0) is 13.0 Å². The molecule has 1 N–H and O–H groups in total. The molecule has 0 aliphatic carbocycles. The lowest BCUT2D eigenvalue weighted by atomic mass is 10.1. The number of thiazole rings is 1. The number of aryl methyl sites for hydroxylation is 1. The summed E-state index contributed by atoms with van der Waals surface area (Å²) in [4.78, 5) is 4.60. The number of rotatable bonds is 6. The van der Waals surface area contributed by atoms with Crippen LogP contribution in [0, 0.1) is 0 Å². The van der Waals surface area contributed by atoms with Crippen molar-refractivity contribution in [3.8, 4) is 0 Å². The third-order valence-electron chi connectivity index (χ3n) is 3.18. The highest BCUT2D eigenvalue weighted by molar-refractivity contribution is 7.09. The number of hydrogen-bond donors (Lipinski definition) is 1. The van der Waals surface area contributed by atoms with Gasteiger partial charge in [-0.2, -0.15) is 0 Å². The van der Waals surface area contributed by atoms with E-state index in [1.807, 2.05) is 7.05 Å². The zero-order chi connectivity index (χ0) is 13.0. The molecule has 0 saturated carbocycles. The molecule has 0 aliphatic rings. The number of aromatic nitrogens is 2. The molecule has 98 valence electrons. The maximum Gasteiger partial charge on any atom is 0.0926 e. The van der Waals surface area contributed by atoms with Crippen LogP contribution >= 0.6 is 11.3 Å². The average Bonchev–Trinajstić information content (AvgIpc) is 3.01. The summed E-state index contributed by atoms with van der Waals surface area (Å²) in [5, 5.41) is 6.71. The summed E-state index contributed by atoms with van der Waals surface area (Å²) in [6, 6.07) is 2.64. The molecule has 0 spiro atoms. The molecule has 0 radical (unpaired) electrons. The van der Waals surface area contributed by atoms with Crippen LogP contribution < -0.4 is 5.32 Å². The van der Waals surface area contributed by atoms with E-state index in [2.05, 4.69) is 52.6 Å². The van der Waals surface area contributed by atoms with E-state index in [0.29, 0.717) is 6.04 Å². The zero-order valence-corrected chi connectivity index (χ0v) is 12.1. The lowest BCUT2D eigenvalue weighted by Gasteiger charge is -2.11. The van der Waals surface area contributed by atoms with Crippen LogP contribution in [-0.4, -0.2) is 16.6 Å². The molecule has 0 amide bonds. The third-order valence-corrected chi connectivity index (χ3v) is 4.22. The Morgan fingerprint density at radius 2 is 2.28 bits per heavy atom. The second-order valence-corrected chi connectivity index (χ2v) is 5.40. The molecule has 0 fully saturated rings. The van der Waals surface area contributed by atoms with Crippen LogP contribution in [0.1, 0.15) is 42.6 Å². The Bertz CT molecular complexity index is 483. The van der Waals surface area contributed by atoms with Gasteiger partial charge in [0.2, 0.25) is 0 Å². The van der Waals surface area contributed by atoms with Crippen molar-refractivity contribution in [1.29, 1.82) is 0 Å². The zero-order valence-electron chi connectivity index (χ0n) is 11.3. The van der Waals surface area contributed by atoms with Gasteiger partial charge in [-0.3, -0.25) is 0 Å². The van der Waals surface area contributed by atoms with Crippen LogP contribution in [0.3, 0.4) is 0 Å². The molecule has 2 aromatic heterocycles. The maximum atomic E-state index is 4.60. The molecule has 18 heavy (non-hydrogen) atoms. The summed E-state index contributed by atoms with van der Waals surface area (Å²) in [7, 11) is 2.01. The molecule has 1 unspecified atom stereocenters. The SMILES string of the molecule is CCc1nc(Cn2ccc(C(CC)NC)c2)cs1. The molecule has 2 heterocycles. The standard InChI is InChI=1S/C14H21N3S/c1-4-13(15-3)11-6-7-17(8-11)9-12-10-18-14(5-2)16-12/h6-8,10,13,15H,4-5,9H2,1-3H3. The van der Waals surface area contributed by atoms with Crippen LogP contribution in [0.15, 0.2) is 23.8 Å². The Labute approximate surface area is 113 Å². The molecular formula is C14H21N3S. The third kappa shape index (κ3) is 3.00. The van der Waals surface area contributed by atoms with Gasteiger partial charge in [0.25, 0.3) is 0 Å². The number of nitrogens with zero attached hydrogens (tertiary/aromatic N) is 2. The van der Waals surface area contributed by atoms with E-state index >= 15 is 0 Å². The Morgan fingerprint density at radius 1 is 1.44 bits per heavy atom. The van der Waals surface area contributed by atoms with Gasteiger partial charge < -0.3 is 9.88 Å². The average molecular weight is 263 g/mol. The van der Waals surface area contributed by atoms with Gasteiger partial charge in [-0.1, -0.05) is 13.8 Å². The summed E-state index contributed by atoms with van der Waals surface area (Å²) < 4.78 is 2.21. The maximum absolute atomic E-state index is 4.60. The van der Waals surface area contributed by atoms with Gasteiger partial charge in [0.05, 0.1) is 17.2 Å². The minimum Gasteiger partial charge on any atom is -0.348 e. The fraction of sp³-hybridized carbons (Fsp3) is 0.500. The van der Waals surface area contributed by atoms with Gasteiger partial charge in [0, 0.05) is 23.8 Å². The first kappa shape index (κ1) is 13.3. The molecule has 3 nitrogen and oxygen atoms in total. The normalized spacial score (nSPS) is 12.8. The first-order valence-electron chi connectivity index (χ1n) is 6.53. The van der Waals surface area contributed by atoms with Crippen molar-refractivity contribution in [2.45, 2.75) is 39.3 Å². The van der Waals surface area contributed by atoms with Crippen molar-refractivity contribution < 1.29 is 0 Å². The quantitative estimate of drug-likeness (QED) is 0.867. The molecule has 4 heteroatoms.